The van der Waals surface area contributed by atoms with Gasteiger partial charge in [-0.1, -0.05) is 32.9 Å². The molecule has 7 nitrogen and oxygen atoms in total. The second-order valence-corrected chi connectivity index (χ2v) is 8.15. The lowest BCUT2D eigenvalue weighted by Gasteiger charge is -2.32. The van der Waals surface area contributed by atoms with Gasteiger partial charge in [0.25, 0.3) is 17.5 Å². The zero-order valence-electron chi connectivity index (χ0n) is 14.7. The number of hydrogen-bond donors (Lipinski definition) is 1. The first-order chi connectivity index (χ1) is 12.2. The van der Waals surface area contributed by atoms with Crippen LogP contribution < -0.4 is 5.32 Å². The van der Waals surface area contributed by atoms with Crippen LogP contribution in [0.4, 0.5) is 5.69 Å². The third-order valence-corrected chi connectivity index (χ3v) is 5.26. The molecule has 26 heavy (non-hydrogen) atoms. The fourth-order valence-electron chi connectivity index (χ4n) is 3.08. The number of amides is 2. The molecule has 0 saturated carbocycles. The van der Waals surface area contributed by atoms with E-state index < -0.39 is 16.7 Å². The zero-order chi connectivity index (χ0) is 19.1. The van der Waals surface area contributed by atoms with Crippen molar-refractivity contribution in [1.82, 2.24) is 10.2 Å². The quantitative estimate of drug-likeness (QED) is 0.491. The minimum absolute atomic E-state index is 0.0106. The van der Waals surface area contributed by atoms with Crippen molar-refractivity contribution in [2.45, 2.75) is 26.8 Å². The van der Waals surface area contributed by atoms with Crippen LogP contribution in [0.3, 0.4) is 0 Å². The first-order valence-electron chi connectivity index (χ1n) is 8.12. The van der Waals surface area contributed by atoms with E-state index >= 15 is 0 Å². The van der Waals surface area contributed by atoms with Gasteiger partial charge in [0, 0.05) is 17.0 Å². The Balaban J connectivity index is 1.85. The Morgan fingerprint density at radius 2 is 1.92 bits per heavy atom. The van der Waals surface area contributed by atoms with E-state index in [1.165, 1.54) is 18.2 Å². The predicted octanol–water partition coefficient (Wildman–Crippen LogP) is 3.59. The van der Waals surface area contributed by atoms with Crippen LogP contribution in [0.15, 0.2) is 35.7 Å². The highest BCUT2D eigenvalue weighted by atomic mass is 32.1. The lowest BCUT2D eigenvalue weighted by atomic mass is 9.86. The molecule has 2 heterocycles. The Morgan fingerprint density at radius 3 is 2.50 bits per heavy atom. The number of carbonyl (C=O) groups excluding carboxylic acids is 2. The predicted molar refractivity (Wildman–Crippen MR) is 98.1 cm³/mol. The summed E-state index contributed by atoms with van der Waals surface area (Å²) in [4.78, 5) is 37.9. The molecule has 136 valence electrons. The van der Waals surface area contributed by atoms with Crippen molar-refractivity contribution in [3.8, 4) is 0 Å². The molecule has 1 unspecified atom stereocenters. The molecule has 8 heteroatoms. The average molecular weight is 373 g/mol. The number of rotatable bonds is 5. The molecule has 1 aliphatic rings. The Morgan fingerprint density at radius 1 is 1.19 bits per heavy atom. The first-order valence-corrected chi connectivity index (χ1v) is 9.00. The lowest BCUT2D eigenvalue weighted by Crippen LogP contribution is -2.42. The van der Waals surface area contributed by atoms with Gasteiger partial charge >= 0.3 is 0 Å². The maximum atomic E-state index is 12.6. The number of thiophene rings is 1. The Bertz CT molecular complexity index is 871. The second-order valence-electron chi connectivity index (χ2n) is 7.17. The summed E-state index contributed by atoms with van der Waals surface area (Å²) in [6.45, 7) is 6.19. The summed E-state index contributed by atoms with van der Waals surface area (Å²) in [6.07, 6.45) is 0. The van der Waals surface area contributed by atoms with Gasteiger partial charge in [-0.05, 0) is 22.9 Å². The van der Waals surface area contributed by atoms with Crippen molar-refractivity contribution in [1.29, 1.82) is 0 Å². The molecule has 1 aliphatic heterocycles. The standard InChI is InChI=1S/C18H19N3O4S/c1-18(2,3)15(13-8-5-9-26-13)19-10-20-16(22)11-6-4-7-12(21(24)25)14(11)17(20)23/h4-9,15,19H,10H2,1-3H3. The monoisotopic (exact) mass is 373 g/mol. The third kappa shape index (κ3) is 3.13. The summed E-state index contributed by atoms with van der Waals surface area (Å²) >= 11 is 1.60. The van der Waals surface area contributed by atoms with Gasteiger partial charge in [0.1, 0.15) is 5.56 Å². The molecule has 1 aromatic heterocycles. The van der Waals surface area contributed by atoms with Crippen LogP contribution >= 0.6 is 11.3 Å². The number of hydrogen-bond acceptors (Lipinski definition) is 6. The molecular formula is C18H19N3O4S. The molecular weight excluding hydrogens is 354 g/mol. The number of nitrogens with zero attached hydrogens (tertiary/aromatic N) is 2. The molecule has 2 aromatic rings. The second kappa shape index (κ2) is 6.62. The van der Waals surface area contributed by atoms with Crippen LogP contribution in [0, 0.1) is 15.5 Å². The summed E-state index contributed by atoms with van der Waals surface area (Å²) in [5, 5.41) is 16.4. The van der Waals surface area contributed by atoms with Crippen LogP contribution in [0.5, 0.6) is 0 Å². The van der Waals surface area contributed by atoms with E-state index in [9.17, 15) is 19.7 Å². The zero-order valence-corrected chi connectivity index (χ0v) is 15.5. The summed E-state index contributed by atoms with van der Waals surface area (Å²) < 4.78 is 0. The highest BCUT2D eigenvalue weighted by molar-refractivity contribution is 7.10. The van der Waals surface area contributed by atoms with Gasteiger partial charge in [-0.25, -0.2) is 0 Å². The summed E-state index contributed by atoms with van der Waals surface area (Å²) in [5.74, 6) is -1.15. The normalized spacial score (nSPS) is 15.3. The van der Waals surface area contributed by atoms with E-state index in [0.717, 1.165) is 9.78 Å². The number of nitro benzene ring substituents is 1. The minimum atomic E-state index is -0.636. The van der Waals surface area contributed by atoms with E-state index in [0.29, 0.717) is 0 Å². The van der Waals surface area contributed by atoms with Crippen molar-refractivity contribution in [3.05, 3.63) is 61.8 Å². The highest BCUT2D eigenvalue weighted by Gasteiger charge is 2.41. The number of benzene rings is 1. The van der Waals surface area contributed by atoms with Crippen LogP contribution in [-0.2, 0) is 0 Å². The summed E-state index contributed by atoms with van der Waals surface area (Å²) in [7, 11) is 0. The van der Waals surface area contributed by atoms with E-state index in [2.05, 4.69) is 26.1 Å². The fraction of sp³-hybridized carbons (Fsp3) is 0.333. The van der Waals surface area contributed by atoms with Gasteiger partial charge in [-0.15, -0.1) is 11.3 Å². The number of nitro groups is 1. The summed E-state index contributed by atoms with van der Waals surface area (Å²) in [5.41, 5.74) is -0.536. The Hall–Kier alpha value is -2.58. The number of nitrogens with one attached hydrogen (secondary N) is 1. The Labute approximate surface area is 154 Å². The van der Waals surface area contributed by atoms with Crippen LogP contribution in [0.25, 0.3) is 0 Å². The molecule has 1 N–H and O–H groups in total. The van der Waals surface area contributed by atoms with Gasteiger partial charge in [0.15, 0.2) is 0 Å². The molecule has 0 bridgehead atoms. The number of imide groups is 1. The van der Waals surface area contributed by atoms with Gasteiger partial charge in [0.2, 0.25) is 0 Å². The van der Waals surface area contributed by atoms with Crippen molar-refractivity contribution in [2.24, 2.45) is 5.41 Å². The van der Waals surface area contributed by atoms with Gasteiger partial charge in [-0.3, -0.25) is 29.9 Å². The van der Waals surface area contributed by atoms with Crippen molar-refractivity contribution >= 4 is 28.8 Å². The molecule has 0 saturated heterocycles. The van der Waals surface area contributed by atoms with Crippen LogP contribution in [0.1, 0.15) is 52.4 Å². The number of fused-ring (bicyclic) bond motifs is 1. The molecule has 3 rings (SSSR count). The van der Waals surface area contributed by atoms with E-state index in [4.69, 9.17) is 0 Å². The third-order valence-electron chi connectivity index (χ3n) is 4.32. The largest absolute Gasteiger partial charge is 0.291 e. The first kappa shape index (κ1) is 18.2. The minimum Gasteiger partial charge on any atom is -0.291 e. The number of carbonyl (C=O) groups is 2. The van der Waals surface area contributed by atoms with Gasteiger partial charge in [-0.2, -0.15) is 0 Å². The van der Waals surface area contributed by atoms with E-state index in [1.54, 1.807) is 11.3 Å². The molecule has 1 aromatic carbocycles. The van der Waals surface area contributed by atoms with Gasteiger partial charge < -0.3 is 0 Å². The molecule has 0 fully saturated rings. The maximum absolute atomic E-state index is 12.6. The van der Waals surface area contributed by atoms with Gasteiger partial charge in [0.05, 0.1) is 17.2 Å². The molecule has 0 aliphatic carbocycles. The van der Waals surface area contributed by atoms with Crippen LogP contribution in [-0.4, -0.2) is 28.3 Å². The fourth-order valence-corrected chi connectivity index (χ4v) is 4.13. The molecule has 0 radical (unpaired) electrons. The molecule has 2 amide bonds. The maximum Gasteiger partial charge on any atom is 0.282 e. The molecule has 0 spiro atoms. The highest BCUT2D eigenvalue weighted by Crippen LogP contribution is 2.36. The summed E-state index contributed by atoms with van der Waals surface area (Å²) in [6, 6.07) is 7.99. The topological polar surface area (TPSA) is 92.6 Å². The van der Waals surface area contributed by atoms with Crippen molar-refractivity contribution < 1.29 is 14.5 Å². The van der Waals surface area contributed by atoms with Crippen LogP contribution in [0.2, 0.25) is 0 Å². The smallest absolute Gasteiger partial charge is 0.282 e. The van der Waals surface area contributed by atoms with Crippen molar-refractivity contribution in [3.63, 3.8) is 0 Å². The van der Waals surface area contributed by atoms with Crippen molar-refractivity contribution in [2.75, 3.05) is 6.67 Å². The van der Waals surface area contributed by atoms with E-state index in [-0.39, 0.29) is 34.9 Å². The average Bonchev–Trinajstić information content (AvgIpc) is 3.16. The lowest BCUT2D eigenvalue weighted by molar-refractivity contribution is -0.385. The molecule has 1 atom stereocenters. The van der Waals surface area contributed by atoms with E-state index in [1.807, 2.05) is 17.5 Å². The SMILES string of the molecule is CC(C)(C)C(NCN1C(=O)c2cccc([N+](=O)[O-])c2C1=O)c1cccs1. The Kier molecular flexibility index (Phi) is 4.64.